The Bertz CT molecular complexity index is 300. The Morgan fingerprint density at radius 3 is 2.43 bits per heavy atom. The van der Waals surface area contributed by atoms with Crippen LogP contribution in [-0.2, 0) is 8.85 Å². The van der Waals surface area contributed by atoms with Crippen LogP contribution in [-0.4, -0.2) is 47.3 Å². The summed E-state index contributed by atoms with van der Waals surface area (Å²) in [5.74, 6) is 1.82. The molecule has 0 radical (unpaired) electrons. The minimum atomic E-state index is -2.39. The lowest BCUT2D eigenvalue weighted by Crippen LogP contribution is -2.70. The third kappa shape index (κ3) is 4.29. The quantitative estimate of drug-likeness (QED) is 0.551. The van der Waals surface area contributed by atoms with E-state index in [1.807, 2.05) is 14.2 Å². The summed E-state index contributed by atoms with van der Waals surface area (Å²) in [6.07, 6.45) is 10.7. The second kappa shape index (κ2) is 8.63. The van der Waals surface area contributed by atoms with Crippen molar-refractivity contribution < 1.29 is 8.85 Å². The first kappa shape index (κ1) is 17.4. The summed E-state index contributed by atoms with van der Waals surface area (Å²) < 4.78 is 14.4. The van der Waals surface area contributed by atoms with Gasteiger partial charge in [-0.3, -0.25) is 9.55 Å². The molecule has 0 amide bonds. The maximum absolute atomic E-state index is 5.92. The molecule has 1 heterocycles. The first-order chi connectivity index (χ1) is 10.3. The van der Waals surface area contributed by atoms with E-state index in [1.165, 1.54) is 57.9 Å². The van der Waals surface area contributed by atoms with Crippen molar-refractivity contribution in [1.29, 1.82) is 0 Å². The summed E-state index contributed by atoms with van der Waals surface area (Å²) in [6, 6.07) is 0. The molecule has 2 rings (SSSR count). The Hall–Kier alpha value is 0.0569. The molecule has 0 aromatic heterocycles. The lowest BCUT2D eigenvalue weighted by molar-refractivity contribution is 0.0740. The van der Waals surface area contributed by atoms with Crippen LogP contribution in [0.15, 0.2) is 0 Å². The number of unbranched alkanes of at least 4 members (excludes halogenated alkanes) is 2. The summed E-state index contributed by atoms with van der Waals surface area (Å²) in [5, 5.41) is 0. The van der Waals surface area contributed by atoms with Crippen LogP contribution in [0.1, 0.15) is 58.3 Å². The summed E-state index contributed by atoms with van der Waals surface area (Å²) in [7, 11) is 1.24. The molecule has 0 aromatic carbocycles. The second-order valence-electron chi connectivity index (χ2n) is 6.66. The summed E-state index contributed by atoms with van der Waals surface area (Å²) >= 11 is 0. The summed E-state index contributed by atoms with van der Waals surface area (Å²) in [4.78, 5) is 3.65. The number of fused-ring (bicyclic) bond motifs is 1. The minimum absolute atomic E-state index is 0.863. The molecule has 2 unspecified atom stereocenters. The normalized spacial score (nSPS) is 27.6. The summed E-state index contributed by atoms with van der Waals surface area (Å²) in [5.41, 5.74) is 0. The first-order valence-electron chi connectivity index (χ1n) is 8.86. The topological polar surface area (TPSA) is 33.7 Å². The van der Waals surface area contributed by atoms with E-state index >= 15 is 0 Å². The first-order valence-corrected chi connectivity index (χ1v) is 10.6. The number of nitrogens with one attached hydrogen (secondary N) is 1. The van der Waals surface area contributed by atoms with Crippen LogP contribution in [0.25, 0.3) is 0 Å². The molecule has 2 atom stereocenters. The molecule has 2 aliphatic rings. The van der Waals surface area contributed by atoms with Crippen LogP contribution in [0.4, 0.5) is 0 Å². The number of rotatable bonds is 8. The zero-order chi connectivity index (χ0) is 15.1. The van der Waals surface area contributed by atoms with E-state index in [0.717, 1.165) is 24.9 Å². The van der Waals surface area contributed by atoms with Gasteiger partial charge >= 0.3 is 8.88 Å². The van der Waals surface area contributed by atoms with Crippen molar-refractivity contribution >= 4 is 8.88 Å². The van der Waals surface area contributed by atoms with Gasteiger partial charge in [0.1, 0.15) is 0 Å². The molecule has 5 heteroatoms. The van der Waals surface area contributed by atoms with Crippen molar-refractivity contribution in [2.75, 3.05) is 33.9 Å². The van der Waals surface area contributed by atoms with Gasteiger partial charge in [0, 0.05) is 14.2 Å². The molecule has 124 valence electrons. The van der Waals surface area contributed by atoms with Crippen molar-refractivity contribution in [3.8, 4) is 0 Å². The van der Waals surface area contributed by atoms with Crippen molar-refractivity contribution in [1.82, 2.24) is 9.55 Å². The average Bonchev–Trinajstić information content (AvgIpc) is 2.55. The lowest BCUT2D eigenvalue weighted by Gasteiger charge is -2.46. The van der Waals surface area contributed by atoms with Gasteiger partial charge in [0.05, 0.1) is 0 Å². The van der Waals surface area contributed by atoms with E-state index in [1.54, 1.807) is 0 Å². The summed E-state index contributed by atoms with van der Waals surface area (Å²) in [6.45, 7) is 5.55. The lowest BCUT2D eigenvalue weighted by atomic mass is 9.76. The van der Waals surface area contributed by atoms with Gasteiger partial charge in [-0.05, 0) is 50.7 Å². The van der Waals surface area contributed by atoms with Crippen molar-refractivity contribution in [2.45, 2.75) is 58.3 Å². The predicted octanol–water partition coefficient (Wildman–Crippen LogP) is 3.01. The highest BCUT2D eigenvalue weighted by Crippen LogP contribution is 2.37. The number of nitrogens with zero attached hydrogens (tertiary/aromatic N) is 1. The van der Waals surface area contributed by atoms with Crippen molar-refractivity contribution in [3.05, 3.63) is 0 Å². The molecule has 4 nitrogen and oxygen atoms in total. The van der Waals surface area contributed by atoms with Crippen LogP contribution in [0.3, 0.4) is 0 Å². The molecule has 21 heavy (non-hydrogen) atoms. The Morgan fingerprint density at radius 2 is 1.76 bits per heavy atom. The van der Waals surface area contributed by atoms with Crippen LogP contribution >= 0.6 is 0 Å². The molecule has 1 aliphatic heterocycles. The van der Waals surface area contributed by atoms with E-state index in [-0.39, 0.29) is 0 Å². The van der Waals surface area contributed by atoms with Gasteiger partial charge in [0.2, 0.25) is 0 Å². The maximum atomic E-state index is 5.92. The van der Waals surface area contributed by atoms with Gasteiger partial charge in [-0.15, -0.1) is 0 Å². The van der Waals surface area contributed by atoms with Crippen LogP contribution in [0.5, 0.6) is 0 Å². The molecular formula is C16H34N2O2Si. The van der Waals surface area contributed by atoms with Crippen molar-refractivity contribution in [3.63, 3.8) is 0 Å². The van der Waals surface area contributed by atoms with Gasteiger partial charge < -0.3 is 8.85 Å². The molecule has 0 aromatic rings. The monoisotopic (exact) mass is 314 g/mol. The molecule has 1 saturated heterocycles. The Labute approximate surface area is 132 Å². The fraction of sp³-hybridized carbons (Fsp3) is 1.00. The van der Waals surface area contributed by atoms with E-state index in [4.69, 9.17) is 8.85 Å². The fourth-order valence-electron chi connectivity index (χ4n) is 4.09. The Balaban J connectivity index is 1.93. The SMILES string of the molecule is CCCCCN[Si](OC)(OC)N1CCC2CCCCC2C1. The van der Waals surface area contributed by atoms with E-state index < -0.39 is 8.88 Å². The smallest absolute Gasteiger partial charge is 0.374 e. The van der Waals surface area contributed by atoms with Crippen LogP contribution in [0.2, 0.25) is 0 Å². The predicted molar refractivity (Wildman–Crippen MR) is 88.9 cm³/mol. The third-order valence-electron chi connectivity index (χ3n) is 5.39. The maximum Gasteiger partial charge on any atom is 0.519 e. The highest BCUT2D eigenvalue weighted by molar-refractivity contribution is 6.61. The Morgan fingerprint density at radius 1 is 1.05 bits per heavy atom. The molecular weight excluding hydrogens is 280 g/mol. The van der Waals surface area contributed by atoms with E-state index in [2.05, 4.69) is 16.5 Å². The highest BCUT2D eigenvalue weighted by Gasteiger charge is 2.47. The van der Waals surface area contributed by atoms with E-state index in [9.17, 15) is 0 Å². The number of piperidine rings is 1. The molecule has 0 spiro atoms. The van der Waals surface area contributed by atoms with Gasteiger partial charge in [0.15, 0.2) is 0 Å². The van der Waals surface area contributed by atoms with Gasteiger partial charge in [-0.2, -0.15) is 0 Å². The van der Waals surface area contributed by atoms with Gasteiger partial charge in [-0.25, -0.2) is 0 Å². The van der Waals surface area contributed by atoms with Crippen LogP contribution < -0.4 is 4.98 Å². The minimum Gasteiger partial charge on any atom is -0.374 e. The zero-order valence-corrected chi connectivity index (χ0v) is 15.2. The van der Waals surface area contributed by atoms with Gasteiger partial charge in [-0.1, -0.05) is 39.0 Å². The molecule has 0 bridgehead atoms. The van der Waals surface area contributed by atoms with Crippen molar-refractivity contribution in [2.24, 2.45) is 11.8 Å². The zero-order valence-electron chi connectivity index (χ0n) is 14.2. The highest BCUT2D eigenvalue weighted by atomic mass is 28.4. The van der Waals surface area contributed by atoms with Gasteiger partial charge in [0.25, 0.3) is 0 Å². The largest absolute Gasteiger partial charge is 0.519 e. The number of hydrogen-bond donors (Lipinski definition) is 1. The number of hydrogen-bond acceptors (Lipinski definition) is 4. The standard InChI is InChI=1S/C16H34N2O2Si/c1-4-5-8-12-17-21(19-2,20-3)18-13-11-15-9-6-7-10-16(15)14-18/h15-17H,4-14H2,1-3H3. The van der Waals surface area contributed by atoms with Crippen LogP contribution in [0, 0.1) is 11.8 Å². The third-order valence-corrected chi connectivity index (χ3v) is 8.43. The average molecular weight is 315 g/mol. The second-order valence-corrected chi connectivity index (χ2v) is 9.63. The molecule has 1 aliphatic carbocycles. The molecule has 1 N–H and O–H groups in total. The molecule has 1 saturated carbocycles. The van der Waals surface area contributed by atoms with E-state index in [0.29, 0.717) is 0 Å². The molecule has 2 fully saturated rings. The Kier molecular flexibility index (Phi) is 7.15. The fourth-order valence-corrected chi connectivity index (χ4v) is 6.67.